The van der Waals surface area contributed by atoms with E-state index in [0.29, 0.717) is 35.3 Å². The second-order valence-electron chi connectivity index (χ2n) is 9.28. The minimum atomic E-state index is -0.534. The third-order valence-corrected chi connectivity index (χ3v) is 6.49. The molecule has 1 atom stereocenters. The molecule has 1 fully saturated rings. The lowest BCUT2D eigenvalue weighted by Crippen LogP contribution is -2.36. The van der Waals surface area contributed by atoms with Crippen molar-refractivity contribution in [3.8, 4) is 0 Å². The zero-order valence-corrected chi connectivity index (χ0v) is 20.8. The van der Waals surface area contributed by atoms with Crippen LogP contribution in [0.15, 0.2) is 40.9 Å². The normalized spacial score (nSPS) is 14.3. The fraction of sp³-hybridized carbons (Fsp3) is 0.407. The van der Waals surface area contributed by atoms with Crippen LogP contribution in [0.25, 0.3) is 11.0 Å². The summed E-state index contributed by atoms with van der Waals surface area (Å²) in [5.74, 6) is -0.240. The predicted molar refractivity (Wildman–Crippen MR) is 140 cm³/mol. The second kappa shape index (κ2) is 11.2. The van der Waals surface area contributed by atoms with Gasteiger partial charge in [0.05, 0.1) is 5.39 Å². The van der Waals surface area contributed by atoms with E-state index in [1.165, 1.54) is 0 Å². The Kier molecular flexibility index (Phi) is 7.87. The average molecular weight is 492 g/mol. The quantitative estimate of drug-likeness (QED) is 0.347. The summed E-state index contributed by atoms with van der Waals surface area (Å²) < 4.78 is 5.81. The number of likely N-dealkylation sites (tertiary alicyclic amines) is 1. The lowest BCUT2D eigenvalue weighted by molar-refractivity contribution is -0.129. The molecule has 0 spiro atoms. The zero-order chi connectivity index (χ0) is 25.7. The molecule has 4 N–H and O–H groups in total. The molecule has 3 heterocycles. The van der Waals surface area contributed by atoms with Crippen molar-refractivity contribution in [3.05, 3.63) is 47.9 Å². The van der Waals surface area contributed by atoms with Gasteiger partial charge in [0, 0.05) is 37.3 Å². The number of aryl methyl sites for hydroxylation is 1. The van der Waals surface area contributed by atoms with Gasteiger partial charge in [0.25, 0.3) is 5.91 Å². The molecule has 3 aromatic rings. The van der Waals surface area contributed by atoms with Gasteiger partial charge in [-0.1, -0.05) is 25.5 Å². The van der Waals surface area contributed by atoms with E-state index in [2.05, 4.69) is 22.5 Å². The third kappa shape index (κ3) is 5.67. The summed E-state index contributed by atoms with van der Waals surface area (Å²) in [4.78, 5) is 44.4. The van der Waals surface area contributed by atoms with Crippen molar-refractivity contribution in [2.75, 3.05) is 22.9 Å². The van der Waals surface area contributed by atoms with Crippen molar-refractivity contribution >= 4 is 45.9 Å². The van der Waals surface area contributed by atoms with E-state index in [1.807, 2.05) is 17.9 Å². The number of benzene rings is 1. The van der Waals surface area contributed by atoms with Gasteiger partial charge >= 0.3 is 0 Å². The number of anilines is 3. The highest BCUT2D eigenvalue weighted by Gasteiger charge is 2.28. The molecule has 4 rings (SSSR count). The Balaban J connectivity index is 1.47. The maximum absolute atomic E-state index is 13.1. The van der Waals surface area contributed by atoms with Gasteiger partial charge < -0.3 is 25.7 Å². The molecule has 190 valence electrons. The van der Waals surface area contributed by atoms with E-state index in [1.54, 1.807) is 30.5 Å². The number of aromatic nitrogens is 1. The van der Waals surface area contributed by atoms with Crippen LogP contribution in [0.4, 0.5) is 17.2 Å². The van der Waals surface area contributed by atoms with Crippen molar-refractivity contribution in [3.63, 3.8) is 0 Å². The monoisotopic (exact) mass is 491 g/mol. The number of nitrogens with one attached hydrogen (secondary N) is 2. The molecule has 0 radical (unpaired) electrons. The first-order valence-corrected chi connectivity index (χ1v) is 12.5. The molecule has 0 saturated carbocycles. The molecule has 9 heteroatoms. The van der Waals surface area contributed by atoms with Crippen LogP contribution in [-0.2, 0) is 9.59 Å². The lowest BCUT2D eigenvalue weighted by Gasteiger charge is -2.27. The van der Waals surface area contributed by atoms with Crippen molar-refractivity contribution in [1.82, 2.24) is 9.88 Å². The van der Waals surface area contributed by atoms with E-state index < -0.39 is 5.91 Å². The fourth-order valence-corrected chi connectivity index (χ4v) is 4.71. The molecule has 0 aliphatic carbocycles. The summed E-state index contributed by atoms with van der Waals surface area (Å²) in [7, 11) is 0. The first kappa shape index (κ1) is 25.2. The van der Waals surface area contributed by atoms with E-state index in [9.17, 15) is 14.4 Å². The number of rotatable bonds is 10. The number of hydrogen-bond acceptors (Lipinski definition) is 6. The van der Waals surface area contributed by atoms with E-state index in [-0.39, 0.29) is 35.7 Å². The second-order valence-corrected chi connectivity index (χ2v) is 9.28. The predicted octanol–water partition coefficient (Wildman–Crippen LogP) is 4.87. The molecule has 1 saturated heterocycles. The molecular weight excluding hydrogens is 458 g/mol. The van der Waals surface area contributed by atoms with Gasteiger partial charge in [-0.05, 0) is 56.4 Å². The Morgan fingerprint density at radius 1 is 1.19 bits per heavy atom. The average Bonchev–Trinajstić information content (AvgIpc) is 3.44. The number of pyridine rings is 1. The Labute approximate surface area is 210 Å². The number of carbonyl (C=O) groups is 3. The van der Waals surface area contributed by atoms with Gasteiger partial charge in [-0.25, -0.2) is 4.98 Å². The molecule has 3 amide bonds. The number of nitrogen functional groups attached to an aromatic ring is 1. The standard InChI is InChI=1S/C27H33N5O4/c1-3-7-18(32-15-6-12-23(32)34)8-4-11-22(33)31-25-24-19(28)9-5-10-20(24)36-26(25)27(35)30-21-14-13-17(2)16-29-21/h5,9-10,13-14,16,18H,3-4,6-8,11-12,15,28H2,1-2H3,(H,31,33)(H,29,30,35)/t18-/m1/s1. The topological polar surface area (TPSA) is 131 Å². The van der Waals surface area contributed by atoms with Crippen LogP contribution in [0.3, 0.4) is 0 Å². The largest absolute Gasteiger partial charge is 0.449 e. The number of nitrogens with zero attached hydrogens (tertiary/aromatic N) is 2. The van der Waals surface area contributed by atoms with Crippen LogP contribution in [0.2, 0.25) is 0 Å². The highest BCUT2D eigenvalue weighted by molar-refractivity contribution is 6.16. The third-order valence-electron chi connectivity index (χ3n) is 6.49. The molecule has 36 heavy (non-hydrogen) atoms. The smallest absolute Gasteiger partial charge is 0.294 e. The maximum atomic E-state index is 13.1. The van der Waals surface area contributed by atoms with Gasteiger partial charge in [-0.2, -0.15) is 0 Å². The Morgan fingerprint density at radius 2 is 2.03 bits per heavy atom. The summed E-state index contributed by atoms with van der Waals surface area (Å²) in [6.07, 6.45) is 6.70. The van der Waals surface area contributed by atoms with Crippen molar-refractivity contribution < 1.29 is 18.8 Å². The first-order chi connectivity index (χ1) is 17.4. The number of fused-ring (bicyclic) bond motifs is 1. The molecule has 1 aromatic carbocycles. The van der Waals surface area contributed by atoms with E-state index in [0.717, 1.165) is 37.8 Å². The van der Waals surface area contributed by atoms with Gasteiger partial charge in [0.2, 0.25) is 17.6 Å². The summed E-state index contributed by atoms with van der Waals surface area (Å²) in [5.41, 5.74) is 8.20. The number of carbonyl (C=O) groups excluding carboxylic acids is 3. The van der Waals surface area contributed by atoms with Crippen LogP contribution in [0, 0.1) is 6.92 Å². The Bertz CT molecular complexity index is 1250. The molecule has 9 nitrogen and oxygen atoms in total. The highest BCUT2D eigenvalue weighted by Crippen LogP contribution is 2.35. The maximum Gasteiger partial charge on any atom is 0.294 e. The van der Waals surface area contributed by atoms with E-state index in [4.69, 9.17) is 10.2 Å². The number of nitrogens with two attached hydrogens (primary N) is 1. The van der Waals surface area contributed by atoms with Gasteiger partial charge in [-0.3, -0.25) is 14.4 Å². The Hall–Kier alpha value is -3.88. The fourth-order valence-electron chi connectivity index (χ4n) is 4.71. The molecule has 0 bridgehead atoms. The summed E-state index contributed by atoms with van der Waals surface area (Å²) >= 11 is 0. The van der Waals surface area contributed by atoms with Crippen LogP contribution in [0.5, 0.6) is 0 Å². The van der Waals surface area contributed by atoms with Gasteiger partial charge in [-0.15, -0.1) is 0 Å². The molecule has 2 aromatic heterocycles. The van der Waals surface area contributed by atoms with Crippen LogP contribution in [-0.4, -0.2) is 40.2 Å². The molecule has 1 aliphatic rings. The van der Waals surface area contributed by atoms with Gasteiger partial charge in [0.15, 0.2) is 0 Å². The SMILES string of the molecule is CCC[C@H](CCCC(=O)Nc1c(C(=O)Nc2ccc(C)cn2)oc2cccc(N)c12)N1CCCC1=O. The summed E-state index contributed by atoms with van der Waals surface area (Å²) in [6.45, 7) is 4.80. The zero-order valence-electron chi connectivity index (χ0n) is 20.8. The molecule has 1 aliphatic heterocycles. The van der Waals surface area contributed by atoms with Crippen molar-refractivity contribution in [2.24, 2.45) is 0 Å². The number of furan rings is 1. The molecule has 0 unspecified atom stereocenters. The van der Waals surface area contributed by atoms with E-state index >= 15 is 0 Å². The first-order valence-electron chi connectivity index (χ1n) is 12.5. The van der Waals surface area contributed by atoms with Crippen LogP contribution in [0.1, 0.15) is 68.0 Å². The van der Waals surface area contributed by atoms with Crippen LogP contribution < -0.4 is 16.4 Å². The highest BCUT2D eigenvalue weighted by atomic mass is 16.3. The van der Waals surface area contributed by atoms with Crippen molar-refractivity contribution in [2.45, 2.75) is 64.8 Å². The number of hydrogen-bond donors (Lipinski definition) is 3. The van der Waals surface area contributed by atoms with Gasteiger partial charge in [0.1, 0.15) is 17.1 Å². The van der Waals surface area contributed by atoms with Crippen molar-refractivity contribution in [1.29, 1.82) is 0 Å². The Morgan fingerprint density at radius 3 is 2.72 bits per heavy atom. The van der Waals surface area contributed by atoms with Crippen LogP contribution >= 0.6 is 0 Å². The minimum Gasteiger partial charge on any atom is -0.449 e. The number of amides is 3. The lowest BCUT2D eigenvalue weighted by atomic mass is 10.0. The summed E-state index contributed by atoms with van der Waals surface area (Å²) in [6, 6.07) is 8.81. The minimum absolute atomic E-state index is 0.0369. The summed E-state index contributed by atoms with van der Waals surface area (Å²) in [5, 5.41) is 6.06. The molecular formula is C27H33N5O4.